The van der Waals surface area contributed by atoms with Crippen LogP contribution < -0.4 is 5.32 Å². The lowest BCUT2D eigenvalue weighted by Crippen LogP contribution is -2.48. The van der Waals surface area contributed by atoms with Crippen LogP contribution in [-0.2, 0) is 9.84 Å². The SMILES string of the molecule is Cc1cc(C(=O)NC2CCN([C@H]3CCS(=O)(=O)C3)CC2)c(C)o1. The largest absolute Gasteiger partial charge is 0.466 e. The van der Waals surface area contributed by atoms with Gasteiger partial charge in [-0.25, -0.2) is 8.42 Å². The maximum atomic E-state index is 12.3. The van der Waals surface area contributed by atoms with Crippen molar-refractivity contribution in [2.24, 2.45) is 0 Å². The van der Waals surface area contributed by atoms with Gasteiger partial charge in [0, 0.05) is 25.2 Å². The van der Waals surface area contributed by atoms with E-state index in [1.807, 2.05) is 6.92 Å². The molecule has 0 saturated carbocycles. The van der Waals surface area contributed by atoms with Gasteiger partial charge in [0.1, 0.15) is 11.5 Å². The third-order valence-electron chi connectivity index (χ3n) is 4.88. The van der Waals surface area contributed by atoms with Crippen LogP contribution in [0.2, 0.25) is 0 Å². The second-order valence-corrected chi connectivity index (χ2v) is 8.90. The number of carbonyl (C=O) groups is 1. The molecule has 1 amide bonds. The molecule has 1 aromatic rings. The summed E-state index contributed by atoms with van der Waals surface area (Å²) in [5.74, 6) is 1.91. The molecule has 0 spiro atoms. The third-order valence-corrected chi connectivity index (χ3v) is 6.63. The number of rotatable bonds is 3. The number of nitrogens with one attached hydrogen (secondary N) is 1. The molecule has 0 aromatic carbocycles. The van der Waals surface area contributed by atoms with Gasteiger partial charge < -0.3 is 9.73 Å². The highest BCUT2D eigenvalue weighted by atomic mass is 32.2. The molecule has 7 heteroatoms. The summed E-state index contributed by atoms with van der Waals surface area (Å²) in [5.41, 5.74) is 0.604. The summed E-state index contributed by atoms with van der Waals surface area (Å²) in [6.07, 6.45) is 2.46. The Kier molecular flexibility index (Phi) is 4.51. The van der Waals surface area contributed by atoms with E-state index in [1.54, 1.807) is 13.0 Å². The predicted octanol–water partition coefficient (Wildman–Crippen LogP) is 1.28. The minimum Gasteiger partial charge on any atom is -0.466 e. The normalized spacial score (nSPS) is 25.6. The van der Waals surface area contributed by atoms with E-state index in [0.717, 1.165) is 38.1 Å². The van der Waals surface area contributed by atoms with Crippen molar-refractivity contribution in [3.63, 3.8) is 0 Å². The number of piperidine rings is 1. The molecule has 128 valence electrons. The number of aryl methyl sites for hydroxylation is 2. The monoisotopic (exact) mass is 340 g/mol. The van der Waals surface area contributed by atoms with Gasteiger partial charge in [0.05, 0.1) is 17.1 Å². The quantitative estimate of drug-likeness (QED) is 0.896. The van der Waals surface area contributed by atoms with Crippen molar-refractivity contribution >= 4 is 15.7 Å². The molecule has 1 atom stereocenters. The van der Waals surface area contributed by atoms with Gasteiger partial charge in [0.25, 0.3) is 5.91 Å². The number of carbonyl (C=O) groups excluding carboxylic acids is 1. The van der Waals surface area contributed by atoms with Crippen molar-refractivity contribution in [3.8, 4) is 0 Å². The fraction of sp³-hybridized carbons (Fsp3) is 0.688. The number of hydrogen-bond donors (Lipinski definition) is 1. The van der Waals surface area contributed by atoms with E-state index in [9.17, 15) is 13.2 Å². The van der Waals surface area contributed by atoms with Gasteiger partial charge in [0.2, 0.25) is 0 Å². The summed E-state index contributed by atoms with van der Waals surface area (Å²) in [6.45, 7) is 5.31. The van der Waals surface area contributed by atoms with Crippen LogP contribution in [-0.4, -0.2) is 55.9 Å². The van der Waals surface area contributed by atoms with Gasteiger partial charge in [-0.1, -0.05) is 0 Å². The number of hydrogen-bond acceptors (Lipinski definition) is 5. The zero-order valence-corrected chi connectivity index (χ0v) is 14.5. The van der Waals surface area contributed by atoms with E-state index in [2.05, 4.69) is 10.2 Å². The second-order valence-electron chi connectivity index (χ2n) is 6.67. The molecule has 1 N–H and O–H groups in total. The zero-order chi connectivity index (χ0) is 16.6. The first kappa shape index (κ1) is 16.5. The molecule has 6 nitrogen and oxygen atoms in total. The van der Waals surface area contributed by atoms with Crippen molar-refractivity contribution in [3.05, 3.63) is 23.2 Å². The van der Waals surface area contributed by atoms with Crippen molar-refractivity contribution in [1.82, 2.24) is 10.2 Å². The first-order valence-electron chi connectivity index (χ1n) is 8.16. The molecule has 23 heavy (non-hydrogen) atoms. The molecule has 2 aliphatic rings. The van der Waals surface area contributed by atoms with Gasteiger partial charge in [-0.15, -0.1) is 0 Å². The van der Waals surface area contributed by atoms with Crippen LogP contribution in [0, 0.1) is 13.8 Å². The Morgan fingerprint density at radius 2 is 1.96 bits per heavy atom. The van der Waals surface area contributed by atoms with Crippen molar-refractivity contribution in [1.29, 1.82) is 0 Å². The Morgan fingerprint density at radius 1 is 1.26 bits per heavy atom. The van der Waals surface area contributed by atoms with E-state index in [4.69, 9.17) is 4.42 Å². The van der Waals surface area contributed by atoms with Crippen LogP contribution >= 0.6 is 0 Å². The lowest BCUT2D eigenvalue weighted by Gasteiger charge is -2.35. The Labute approximate surface area is 137 Å². The average Bonchev–Trinajstić information content (AvgIpc) is 3.01. The Bertz CT molecular complexity index is 687. The Morgan fingerprint density at radius 3 is 2.48 bits per heavy atom. The highest BCUT2D eigenvalue weighted by Gasteiger charge is 2.34. The van der Waals surface area contributed by atoms with Crippen LogP contribution in [0.25, 0.3) is 0 Å². The molecule has 0 aliphatic carbocycles. The van der Waals surface area contributed by atoms with Crippen LogP contribution in [0.3, 0.4) is 0 Å². The summed E-state index contributed by atoms with van der Waals surface area (Å²) in [4.78, 5) is 14.6. The van der Waals surface area contributed by atoms with Crippen molar-refractivity contribution < 1.29 is 17.6 Å². The standard InChI is InChI=1S/C16H24N2O4S/c1-11-9-15(12(2)22-11)16(19)17-13-3-6-18(7-4-13)14-5-8-23(20,21)10-14/h9,13-14H,3-8,10H2,1-2H3,(H,17,19)/t14-/m0/s1. The smallest absolute Gasteiger partial charge is 0.255 e. The molecule has 0 unspecified atom stereocenters. The maximum Gasteiger partial charge on any atom is 0.255 e. The maximum absolute atomic E-state index is 12.3. The van der Waals surface area contributed by atoms with E-state index in [1.165, 1.54) is 0 Å². The fourth-order valence-corrected chi connectivity index (χ4v) is 5.35. The van der Waals surface area contributed by atoms with E-state index in [-0.39, 0.29) is 23.7 Å². The van der Waals surface area contributed by atoms with Crippen LogP contribution in [0.15, 0.2) is 10.5 Å². The van der Waals surface area contributed by atoms with E-state index < -0.39 is 9.84 Å². The molecular formula is C16H24N2O4S. The summed E-state index contributed by atoms with van der Waals surface area (Å²) in [5, 5.41) is 3.07. The van der Waals surface area contributed by atoms with Crippen LogP contribution in [0.5, 0.6) is 0 Å². The van der Waals surface area contributed by atoms with Gasteiger partial charge >= 0.3 is 0 Å². The van der Waals surface area contributed by atoms with Crippen LogP contribution in [0.1, 0.15) is 41.1 Å². The number of sulfone groups is 1. The Hall–Kier alpha value is -1.34. The number of likely N-dealkylation sites (tertiary alicyclic amines) is 1. The molecule has 3 heterocycles. The molecule has 2 fully saturated rings. The second kappa shape index (κ2) is 6.28. The van der Waals surface area contributed by atoms with Crippen molar-refractivity contribution in [2.75, 3.05) is 24.6 Å². The van der Waals surface area contributed by atoms with Gasteiger partial charge in [-0.05, 0) is 39.2 Å². The molecule has 2 aliphatic heterocycles. The molecule has 0 radical (unpaired) electrons. The number of amides is 1. The first-order chi connectivity index (χ1) is 10.8. The minimum absolute atomic E-state index is 0.0822. The van der Waals surface area contributed by atoms with E-state index >= 15 is 0 Å². The lowest BCUT2D eigenvalue weighted by molar-refractivity contribution is 0.0896. The number of furan rings is 1. The van der Waals surface area contributed by atoms with E-state index in [0.29, 0.717) is 17.1 Å². The summed E-state index contributed by atoms with van der Waals surface area (Å²) in [6, 6.07) is 2.07. The molecule has 3 rings (SSSR count). The number of nitrogens with zero attached hydrogens (tertiary/aromatic N) is 1. The van der Waals surface area contributed by atoms with Gasteiger partial charge in [-0.3, -0.25) is 9.69 Å². The third kappa shape index (κ3) is 3.77. The molecule has 1 aromatic heterocycles. The average molecular weight is 340 g/mol. The minimum atomic E-state index is -2.84. The summed E-state index contributed by atoms with van der Waals surface area (Å²) in [7, 11) is -2.84. The first-order valence-corrected chi connectivity index (χ1v) is 9.98. The molecule has 0 bridgehead atoms. The summed E-state index contributed by atoms with van der Waals surface area (Å²) < 4.78 is 28.6. The highest BCUT2D eigenvalue weighted by Crippen LogP contribution is 2.22. The highest BCUT2D eigenvalue weighted by molar-refractivity contribution is 7.91. The lowest BCUT2D eigenvalue weighted by atomic mass is 10.0. The van der Waals surface area contributed by atoms with Gasteiger partial charge in [-0.2, -0.15) is 0 Å². The summed E-state index contributed by atoms with van der Waals surface area (Å²) >= 11 is 0. The fourth-order valence-electron chi connectivity index (χ4n) is 3.59. The topological polar surface area (TPSA) is 79.6 Å². The molecule has 2 saturated heterocycles. The van der Waals surface area contributed by atoms with Crippen molar-refractivity contribution in [2.45, 2.75) is 45.2 Å². The Balaban J connectivity index is 1.51. The molecular weight excluding hydrogens is 316 g/mol. The predicted molar refractivity (Wildman–Crippen MR) is 87.3 cm³/mol. The van der Waals surface area contributed by atoms with Crippen LogP contribution in [0.4, 0.5) is 0 Å². The zero-order valence-electron chi connectivity index (χ0n) is 13.7. The van der Waals surface area contributed by atoms with Gasteiger partial charge in [0.15, 0.2) is 9.84 Å².